The molecule has 27 heavy (non-hydrogen) atoms. The normalized spacial score (nSPS) is 13.9. The second-order valence-corrected chi connectivity index (χ2v) is 7.37. The standard InChI is InChI=1S/C18H15F2N3O3S/c19-14-5-8-17(16(20)12-14)27(25,26)22-9-1-2-13-3-6-15(7-4-13)23-11-10-21-18(23)24/h3-8,12,22H,9-11H2,(H,21,24). The largest absolute Gasteiger partial charge is 0.336 e. The van der Waals surface area contributed by atoms with Gasteiger partial charge in [-0.05, 0) is 36.4 Å². The van der Waals surface area contributed by atoms with Gasteiger partial charge in [0.25, 0.3) is 0 Å². The van der Waals surface area contributed by atoms with E-state index in [-0.39, 0.29) is 12.6 Å². The maximum absolute atomic E-state index is 13.6. The molecule has 6 nitrogen and oxygen atoms in total. The SMILES string of the molecule is O=C1NCCN1c1ccc(C#CCNS(=O)(=O)c2ccc(F)cc2F)cc1. The van der Waals surface area contributed by atoms with E-state index in [0.717, 1.165) is 17.8 Å². The van der Waals surface area contributed by atoms with Gasteiger partial charge in [-0.2, -0.15) is 4.72 Å². The monoisotopic (exact) mass is 391 g/mol. The van der Waals surface area contributed by atoms with Crippen LogP contribution in [0.4, 0.5) is 19.3 Å². The first-order valence-electron chi connectivity index (χ1n) is 7.96. The van der Waals surface area contributed by atoms with Crippen LogP contribution in [0.3, 0.4) is 0 Å². The molecule has 2 aromatic rings. The fourth-order valence-electron chi connectivity index (χ4n) is 2.49. The van der Waals surface area contributed by atoms with Crippen LogP contribution in [0.5, 0.6) is 0 Å². The Balaban J connectivity index is 1.62. The Kier molecular flexibility index (Phi) is 5.39. The molecule has 0 saturated carbocycles. The van der Waals surface area contributed by atoms with Crippen LogP contribution in [0, 0.1) is 23.5 Å². The van der Waals surface area contributed by atoms with Gasteiger partial charge in [-0.25, -0.2) is 22.0 Å². The van der Waals surface area contributed by atoms with Gasteiger partial charge < -0.3 is 5.32 Å². The molecule has 140 valence electrons. The minimum Gasteiger partial charge on any atom is -0.336 e. The summed E-state index contributed by atoms with van der Waals surface area (Å²) in [5.41, 5.74) is 1.37. The Hall–Kier alpha value is -2.96. The van der Waals surface area contributed by atoms with Crippen LogP contribution in [0.1, 0.15) is 5.56 Å². The Morgan fingerprint density at radius 2 is 1.89 bits per heavy atom. The van der Waals surface area contributed by atoms with E-state index in [1.165, 1.54) is 0 Å². The molecular formula is C18H15F2N3O3S. The topological polar surface area (TPSA) is 78.5 Å². The molecule has 0 radical (unpaired) electrons. The van der Waals surface area contributed by atoms with Crippen LogP contribution in [-0.4, -0.2) is 34.1 Å². The first kappa shape index (κ1) is 18.8. The van der Waals surface area contributed by atoms with Gasteiger partial charge in [-0.3, -0.25) is 4.90 Å². The van der Waals surface area contributed by atoms with Crippen molar-refractivity contribution in [3.8, 4) is 11.8 Å². The smallest absolute Gasteiger partial charge is 0.321 e. The molecule has 2 N–H and O–H groups in total. The Morgan fingerprint density at radius 1 is 1.15 bits per heavy atom. The van der Waals surface area contributed by atoms with Crippen LogP contribution < -0.4 is 14.9 Å². The van der Waals surface area contributed by atoms with Crippen LogP contribution in [0.2, 0.25) is 0 Å². The van der Waals surface area contributed by atoms with E-state index in [0.29, 0.717) is 24.7 Å². The van der Waals surface area contributed by atoms with Gasteiger partial charge in [-0.15, -0.1) is 0 Å². The van der Waals surface area contributed by atoms with Crippen molar-refractivity contribution < 1.29 is 22.0 Å². The molecule has 1 aliphatic heterocycles. The number of carbonyl (C=O) groups is 1. The number of nitrogens with one attached hydrogen (secondary N) is 2. The fourth-order valence-corrected chi connectivity index (χ4v) is 3.47. The van der Waals surface area contributed by atoms with Crippen molar-refractivity contribution in [2.45, 2.75) is 4.90 Å². The maximum Gasteiger partial charge on any atom is 0.321 e. The number of halogens is 2. The minimum atomic E-state index is -4.13. The number of sulfonamides is 1. The summed E-state index contributed by atoms with van der Waals surface area (Å²) in [7, 11) is -4.13. The molecule has 0 bridgehead atoms. The molecule has 0 atom stereocenters. The summed E-state index contributed by atoms with van der Waals surface area (Å²) in [5, 5.41) is 2.71. The van der Waals surface area contributed by atoms with Crippen molar-refractivity contribution in [1.29, 1.82) is 0 Å². The number of urea groups is 1. The first-order chi connectivity index (χ1) is 12.9. The van der Waals surface area contributed by atoms with Crippen molar-refractivity contribution >= 4 is 21.7 Å². The van der Waals surface area contributed by atoms with E-state index in [1.807, 2.05) is 0 Å². The van der Waals surface area contributed by atoms with Gasteiger partial charge in [0.2, 0.25) is 10.0 Å². The second-order valence-electron chi connectivity index (χ2n) is 5.63. The third-order valence-electron chi connectivity index (χ3n) is 3.80. The molecule has 1 heterocycles. The van der Waals surface area contributed by atoms with Gasteiger partial charge in [0.05, 0.1) is 6.54 Å². The van der Waals surface area contributed by atoms with Crippen molar-refractivity contribution in [1.82, 2.24) is 10.0 Å². The summed E-state index contributed by atoms with van der Waals surface area (Å²) in [6.45, 7) is 0.941. The lowest BCUT2D eigenvalue weighted by molar-refractivity contribution is 0.252. The Bertz CT molecular complexity index is 1030. The molecule has 9 heteroatoms. The predicted molar refractivity (Wildman–Crippen MR) is 95.6 cm³/mol. The van der Waals surface area contributed by atoms with Crippen LogP contribution in [0.25, 0.3) is 0 Å². The van der Waals surface area contributed by atoms with Gasteiger partial charge in [0.1, 0.15) is 16.5 Å². The van der Waals surface area contributed by atoms with Crippen molar-refractivity contribution in [2.75, 3.05) is 24.5 Å². The summed E-state index contributed by atoms with van der Waals surface area (Å²) >= 11 is 0. The molecule has 1 saturated heterocycles. The van der Waals surface area contributed by atoms with Crippen LogP contribution in [-0.2, 0) is 10.0 Å². The zero-order valence-electron chi connectivity index (χ0n) is 14.0. The number of anilines is 1. The quantitative estimate of drug-likeness (QED) is 0.781. The zero-order chi connectivity index (χ0) is 19.4. The lowest BCUT2D eigenvalue weighted by Crippen LogP contribution is -2.27. The summed E-state index contributed by atoms with van der Waals surface area (Å²) < 4.78 is 52.6. The minimum absolute atomic E-state index is 0.156. The fraction of sp³-hybridized carbons (Fsp3) is 0.167. The van der Waals surface area contributed by atoms with E-state index < -0.39 is 26.6 Å². The van der Waals surface area contributed by atoms with Crippen LogP contribution in [0.15, 0.2) is 47.4 Å². The highest BCUT2D eigenvalue weighted by Gasteiger charge is 2.20. The second kappa shape index (κ2) is 7.73. The van der Waals surface area contributed by atoms with Gasteiger partial charge >= 0.3 is 6.03 Å². The highest BCUT2D eigenvalue weighted by atomic mass is 32.2. The number of amides is 2. The van der Waals surface area contributed by atoms with Gasteiger partial charge in [-0.1, -0.05) is 11.8 Å². The predicted octanol–water partition coefficient (Wildman–Crippen LogP) is 1.82. The third kappa shape index (κ3) is 4.42. The van der Waals surface area contributed by atoms with E-state index in [9.17, 15) is 22.0 Å². The van der Waals surface area contributed by atoms with E-state index >= 15 is 0 Å². The Labute approximate surface area is 155 Å². The molecule has 2 amide bonds. The number of hydrogen-bond donors (Lipinski definition) is 2. The number of rotatable bonds is 4. The van der Waals surface area contributed by atoms with E-state index in [2.05, 4.69) is 21.9 Å². The number of hydrogen-bond acceptors (Lipinski definition) is 3. The summed E-state index contributed by atoms with van der Waals surface area (Å²) in [6.07, 6.45) is 0. The van der Waals surface area contributed by atoms with Crippen molar-refractivity contribution in [3.05, 3.63) is 59.7 Å². The lowest BCUT2D eigenvalue weighted by Gasteiger charge is -2.13. The number of benzene rings is 2. The maximum atomic E-state index is 13.6. The molecule has 0 aliphatic carbocycles. The molecule has 2 aromatic carbocycles. The van der Waals surface area contributed by atoms with Gasteiger partial charge in [0.15, 0.2) is 0 Å². The third-order valence-corrected chi connectivity index (χ3v) is 5.24. The van der Waals surface area contributed by atoms with E-state index in [4.69, 9.17) is 0 Å². The average molecular weight is 391 g/mol. The van der Waals surface area contributed by atoms with Gasteiger partial charge in [0, 0.05) is 30.4 Å². The highest BCUT2D eigenvalue weighted by Crippen LogP contribution is 2.17. The van der Waals surface area contributed by atoms with Crippen molar-refractivity contribution in [2.24, 2.45) is 0 Å². The zero-order valence-corrected chi connectivity index (χ0v) is 14.8. The molecule has 0 unspecified atom stereocenters. The van der Waals surface area contributed by atoms with Crippen LogP contribution >= 0.6 is 0 Å². The first-order valence-corrected chi connectivity index (χ1v) is 9.44. The Morgan fingerprint density at radius 3 is 2.52 bits per heavy atom. The number of carbonyl (C=O) groups excluding carboxylic acids is 1. The molecule has 1 aliphatic rings. The molecule has 0 aromatic heterocycles. The lowest BCUT2D eigenvalue weighted by atomic mass is 10.2. The molecule has 3 rings (SSSR count). The molecule has 0 spiro atoms. The highest BCUT2D eigenvalue weighted by molar-refractivity contribution is 7.89. The van der Waals surface area contributed by atoms with E-state index in [1.54, 1.807) is 29.2 Å². The summed E-state index contributed by atoms with van der Waals surface area (Å²) in [6, 6.07) is 8.97. The number of nitrogens with zero attached hydrogens (tertiary/aromatic N) is 1. The summed E-state index contributed by atoms with van der Waals surface area (Å²) in [4.78, 5) is 12.6. The molecular weight excluding hydrogens is 376 g/mol. The summed E-state index contributed by atoms with van der Waals surface area (Å²) in [5.74, 6) is 3.37. The van der Waals surface area contributed by atoms with Crippen molar-refractivity contribution in [3.63, 3.8) is 0 Å². The average Bonchev–Trinajstić information content (AvgIpc) is 3.05. The molecule has 1 fully saturated rings.